The molecule has 0 aliphatic carbocycles. The molecular formula is C20H23NO3. The topological polar surface area (TPSA) is 57.6 Å². The van der Waals surface area contributed by atoms with E-state index < -0.39 is 5.97 Å². The maximum atomic E-state index is 12.3. The summed E-state index contributed by atoms with van der Waals surface area (Å²) in [6.45, 7) is -0.262. The van der Waals surface area contributed by atoms with E-state index in [4.69, 9.17) is 5.11 Å². The van der Waals surface area contributed by atoms with Crippen molar-refractivity contribution in [3.05, 3.63) is 71.8 Å². The van der Waals surface area contributed by atoms with Gasteiger partial charge in [0.25, 0.3) is 0 Å². The van der Waals surface area contributed by atoms with Crippen LogP contribution in [0.2, 0.25) is 0 Å². The van der Waals surface area contributed by atoms with E-state index in [2.05, 4.69) is 24.3 Å². The summed E-state index contributed by atoms with van der Waals surface area (Å²) in [5.41, 5.74) is 2.37. The third-order valence-electron chi connectivity index (χ3n) is 4.00. The minimum Gasteiger partial charge on any atom is -0.480 e. The van der Waals surface area contributed by atoms with E-state index >= 15 is 0 Å². The molecule has 0 saturated carbocycles. The molecule has 2 aromatic rings. The van der Waals surface area contributed by atoms with Gasteiger partial charge in [-0.1, -0.05) is 60.7 Å². The molecule has 0 atom stereocenters. The van der Waals surface area contributed by atoms with Crippen molar-refractivity contribution in [2.45, 2.75) is 19.3 Å². The number of hydrogen-bond donors (Lipinski definition) is 1. The molecule has 2 aromatic carbocycles. The van der Waals surface area contributed by atoms with Gasteiger partial charge < -0.3 is 10.0 Å². The van der Waals surface area contributed by atoms with Gasteiger partial charge in [0.2, 0.25) is 5.91 Å². The van der Waals surface area contributed by atoms with Crippen molar-refractivity contribution in [3.8, 4) is 0 Å². The fourth-order valence-corrected chi connectivity index (χ4v) is 2.81. The van der Waals surface area contributed by atoms with Crippen LogP contribution in [-0.4, -0.2) is 35.5 Å². The van der Waals surface area contributed by atoms with E-state index in [9.17, 15) is 9.59 Å². The van der Waals surface area contributed by atoms with E-state index in [1.54, 1.807) is 7.05 Å². The van der Waals surface area contributed by atoms with Crippen LogP contribution in [-0.2, 0) is 22.4 Å². The summed E-state index contributed by atoms with van der Waals surface area (Å²) in [7, 11) is 1.54. The molecule has 0 aliphatic rings. The smallest absolute Gasteiger partial charge is 0.323 e. The molecule has 0 bridgehead atoms. The van der Waals surface area contributed by atoms with E-state index in [0.717, 1.165) is 12.8 Å². The number of nitrogens with zero attached hydrogens (tertiary/aromatic N) is 1. The molecule has 4 heteroatoms. The van der Waals surface area contributed by atoms with Gasteiger partial charge in [0.05, 0.1) is 0 Å². The van der Waals surface area contributed by atoms with Gasteiger partial charge in [-0.15, -0.1) is 0 Å². The summed E-state index contributed by atoms with van der Waals surface area (Å²) >= 11 is 0. The van der Waals surface area contributed by atoms with E-state index in [0.29, 0.717) is 6.42 Å². The summed E-state index contributed by atoms with van der Waals surface area (Å²) in [5.74, 6) is -0.985. The first kappa shape index (κ1) is 17.7. The van der Waals surface area contributed by atoms with Crippen molar-refractivity contribution in [1.82, 2.24) is 4.90 Å². The second-order valence-electron chi connectivity index (χ2n) is 6.09. The van der Waals surface area contributed by atoms with Gasteiger partial charge in [-0.05, 0) is 29.9 Å². The zero-order valence-electron chi connectivity index (χ0n) is 13.9. The van der Waals surface area contributed by atoms with Crippen LogP contribution in [0.3, 0.4) is 0 Å². The summed E-state index contributed by atoms with van der Waals surface area (Å²) in [4.78, 5) is 24.4. The van der Waals surface area contributed by atoms with Crippen LogP contribution in [0.5, 0.6) is 0 Å². The fourth-order valence-electron chi connectivity index (χ4n) is 2.81. The molecule has 1 amide bonds. The largest absolute Gasteiger partial charge is 0.480 e. The molecule has 1 N–H and O–H groups in total. The lowest BCUT2D eigenvalue weighted by molar-refractivity contribution is -0.143. The van der Waals surface area contributed by atoms with Crippen LogP contribution in [0, 0.1) is 5.92 Å². The normalized spacial score (nSPS) is 10.6. The quantitative estimate of drug-likeness (QED) is 0.811. The Hall–Kier alpha value is -2.62. The van der Waals surface area contributed by atoms with Gasteiger partial charge in [-0.2, -0.15) is 0 Å². The Morgan fingerprint density at radius 3 is 1.79 bits per heavy atom. The Labute approximate surface area is 142 Å². The van der Waals surface area contributed by atoms with Gasteiger partial charge in [-0.25, -0.2) is 0 Å². The molecule has 0 aromatic heterocycles. The monoisotopic (exact) mass is 325 g/mol. The highest BCUT2D eigenvalue weighted by Crippen LogP contribution is 2.19. The lowest BCUT2D eigenvalue weighted by Gasteiger charge is -2.21. The number of benzene rings is 2. The Balaban J connectivity index is 2.07. The zero-order chi connectivity index (χ0) is 17.4. The summed E-state index contributed by atoms with van der Waals surface area (Å²) in [6, 6.07) is 20.2. The molecule has 0 saturated heterocycles. The summed E-state index contributed by atoms with van der Waals surface area (Å²) < 4.78 is 0. The van der Waals surface area contributed by atoms with Gasteiger partial charge >= 0.3 is 5.97 Å². The van der Waals surface area contributed by atoms with Crippen molar-refractivity contribution in [2.75, 3.05) is 13.6 Å². The van der Waals surface area contributed by atoms with Crippen LogP contribution in [0.25, 0.3) is 0 Å². The van der Waals surface area contributed by atoms with Crippen LogP contribution >= 0.6 is 0 Å². The summed E-state index contributed by atoms with van der Waals surface area (Å²) in [5, 5.41) is 8.84. The van der Waals surface area contributed by atoms with Crippen molar-refractivity contribution in [2.24, 2.45) is 5.92 Å². The molecule has 0 aliphatic heterocycles. The third kappa shape index (κ3) is 5.88. The zero-order valence-corrected chi connectivity index (χ0v) is 13.9. The Morgan fingerprint density at radius 2 is 1.38 bits per heavy atom. The van der Waals surface area contributed by atoms with E-state index in [1.807, 2.05) is 36.4 Å². The molecule has 0 spiro atoms. The number of carbonyl (C=O) groups excluding carboxylic acids is 1. The average Bonchev–Trinajstić information content (AvgIpc) is 2.56. The number of likely N-dealkylation sites (N-methyl/N-ethyl adjacent to an activating group) is 1. The lowest BCUT2D eigenvalue weighted by atomic mass is 9.89. The highest BCUT2D eigenvalue weighted by molar-refractivity contribution is 5.81. The lowest BCUT2D eigenvalue weighted by Crippen LogP contribution is -2.33. The van der Waals surface area contributed by atoms with Gasteiger partial charge in [-0.3, -0.25) is 9.59 Å². The first-order valence-corrected chi connectivity index (χ1v) is 8.08. The Bertz CT molecular complexity index is 614. The van der Waals surface area contributed by atoms with Crippen molar-refractivity contribution in [3.63, 3.8) is 0 Å². The standard InChI is InChI=1S/C20H23NO3/c1-21(15-20(23)24)19(22)14-18(12-16-8-4-2-5-9-16)13-17-10-6-3-7-11-17/h2-11,18H,12-15H2,1H3,(H,23,24). The predicted molar refractivity (Wildman–Crippen MR) is 93.7 cm³/mol. The second-order valence-corrected chi connectivity index (χ2v) is 6.09. The molecule has 0 unspecified atom stereocenters. The van der Waals surface area contributed by atoms with Crippen LogP contribution in [0.4, 0.5) is 0 Å². The predicted octanol–water partition coefficient (Wildman–Crippen LogP) is 3.02. The number of hydrogen-bond acceptors (Lipinski definition) is 2. The van der Waals surface area contributed by atoms with Crippen LogP contribution < -0.4 is 0 Å². The molecule has 0 radical (unpaired) electrons. The highest BCUT2D eigenvalue weighted by Gasteiger charge is 2.19. The van der Waals surface area contributed by atoms with E-state index in [1.165, 1.54) is 16.0 Å². The number of amides is 1. The number of rotatable bonds is 8. The number of carboxylic acid groups (broad SMARTS) is 1. The highest BCUT2D eigenvalue weighted by atomic mass is 16.4. The number of carboxylic acids is 1. The Morgan fingerprint density at radius 1 is 0.917 bits per heavy atom. The molecule has 4 nitrogen and oxygen atoms in total. The fraction of sp³-hybridized carbons (Fsp3) is 0.300. The second kappa shape index (κ2) is 8.87. The van der Waals surface area contributed by atoms with Crippen molar-refractivity contribution >= 4 is 11.9 Å². The maximum Gasteiger partial charge on any atom is 0.323 e. The Kier molecular flexibility index (Phi) is 6.55. The number of aliphatic carboxylic acids is 1. The van der Waals surface area contributed by atoms with Crippen LogP contribution in [0.15, 0.2) is 60.7 Å². The minimum absolute atomic E-state index is 0.130. The molecule has 2 rings (SSSR count). The molecule has 0 fully saturated rings. The van der Waals surface area contributed by atoms with Gasteiger partial charge in [0, 0.05) is 13.5 Å². The first-order chi connectivity index (χ1) is 11.5. The van der Waals surface area contributed by atoms with Crippen LogP contribution in [0.1, 0.15) is 17.5 Å². The van der Waals surface area contributed by atoms with Crippen molar-refractivity contribution in [1.29, 1.82) is 0 Å². The molecule has 0 heterocycles. The number of carbonyl (C=O) groups is 2. The third-order valence-corrected chi connectivity index (χ3v) is 4.00. The summed E-state index contributed by atoms with van der Waals surface area (Å²) in [6.07, 6.45) is 1.93. The first-order valence-electron chi connectivity index (χ1n) is 8.08. The maximum absolute atomic E-state index is 12.3. The van der Waals surface area contributed by atoms with E-state index in [-0.39, 0.29) is 18.4 Å². The molecular weight excluding hydrogens is 302 g/mol. The van der Waals surface area contributed by atoms with Gasteiger partial charge in [0.1, 0.15) is 6.54 Å². The average molecular weight is 325 g/mol. The molecule has 126 valence electrons. The SMILES string of the molecule is CN(CC(=O)O)C(=O)CC(Cc1ccccc1)Cc1ccccc1. The molecule has 24 heavy (non-hydrogen) atoms. The van der Waals surface area contributed by atoms with Crippen molar-refractivity contribution < 1.29 is 14.7 Å². The van der Waals surface area contributed by atoms with Gasteiger partial charge in [0.15, 0.2) is 0 Å². The minimum atomic E-state index is -0.992.